The van der Waals surface area contributed by atoms with Gasteiger partial charge in [-0.25, -0.2) is 9.37 Å². The minimum absolute atomic E-state index is 0.119. The predicted octanol–water partition coefficient (Wildman–Crippen LogP) is 4.82. The third-order valence-corrected chi connectivity index (χ3v) is 7.80. The van der Waals surface area contributed by atoms with Crippen molar-refractivity contribution in [3.8, 4) is 10.4 Å². The summed E-state index contributed by atoms with van der Waals surface area (Å²) < 4.78 is 14.6. The van der Waals surface area contributed by atoms with Gasteiger partial charge in [0.2, 0.25) is 0 Å². The summed E-state index contributed by atoms with van der Waals surface area (Å²) in [7, 11) is 0. The molecule has 0 unspecified atom stereocenters. The van der Waals surface area contributed by atoms with Gasteiger partial charge in [-0.05, 0) is 35.9 Å². The van der Waals surface area contributed by atoms with Crippen LogP contribution in [0.1, 0.15) is 10.7 Å². The van der Waals surface area contributed by atoms with Gasteiger partial charge >= 0.3 is 0 Å². The number of hydrogen-bond donors (Lipinski definition) is 1. The van der Waals surface area contributed by atoms with Gasteiger partial charge in [0.15, 0.2) is 0 Å². The van der Waals surface area contributed by atoms with Crippen LogP contribution in [0.15, 0.2) is 47.3 Å². The maximum atomic E-state index is 13.2. The Bertz CT molecular complexity index is 1260. The first-order chi connectivity index (χ1) is 15.0. The summed E-state index contributed by atoms with van der Waals surface area (Å²) in [4.78, 5) is 27.2. The van der Waals surface area contributed by atoms with Gasteiger partial charge in [0.1, 0.15) is 16.3 Å². The SMILES string of the molecule is O=c1[nH]c(CN2CCN(Cc3ccc(Cl)s3)CC2)nc2cc(-c3ccc(F)cc3)sc12. The summed E-state index contributed by atoms with van der Waals surface area (Å²) >= 11 is 9.04. The number of rotatable bonds is 5. The van der Waals surface area contributed by atoms with Crippen LogP contribution in [-0.4, -0.2) is 45.9 Å². The lowest BCUT2D eigenvalue weighted by Gasteiger charge is -2.34. The van der Waals surface area contributed by atoms with Crippen LogP contribution >= 0.6 is 34.3 Å². The summed E-state index contributed by atoms with van der Waals surface area (Å²) in [6, 6.07) is 12.2. The Kier molecular flexibility index (Phi) is 5.90. The second kappa shape index (κ2) is 8.80. The standard InChI is InChI=1S/C22H20ClFN4OS2/c23-19-6-5-16(30-19)12-27-7-9-28(10-8-27)13-20-25-17-11-18(31-21(17)22(29)26-20)14-1-3-15(24)4-2-14/h1-6,11H,7-10,12-13H2,(H,25,26,29). The van der Waals surface area contributed by atoms with Gasteiger partial charge in [0, 0.05) is 42.5 Å². The molecule has 0 bridgehead atoms. The normalized spacial score (nSPS) is 15.7. The van der Waals surface area contributed by atoms with Gasteiger partial charge in [0.05, 0.1) is 16.4 Å². The Hall–Kier alpha value is -2.10. The summed E-state index contributed by atoms with van der Waals surface area (Å²) in [5.74, 6) is 0.404. The summed E-state index contributed by atoms with van der Waals surface area (Å²) in [5.41, 5.74) is 1.45. The highest BCUT2D eigenvalue weighted by Gasteiger charge is 2.19. The van der Waals surface area contributed by atoms with Gasteiger partial charge in [-0.1, -0.05) is 23.7 Å². The molecule has 4 heterocycles. The number of nitrogens with zero attached hydrogens (tertiary/aromatic N) is 3. The smallest absolute Gasteiger partial charge is 0.268 e. The van der Waals surface area contributed by atoms with Crippen LogP contribution in [0.2, 0.25) is 4.34 Å². The second-order valence-corrected chi connectivity index (χ2v) is 10.5. The number of thiophene rings is 2. The molecule has 31 heavy (non-hydrogen) atoms. The molecule has 4 aromatic rings. The number of benzene rings is 1. The molecule has 1 aliphatic heterocycles. The fourth-order valence-electron chi connectivity index (χ4n) is 3.79. The number of hydrogen-bond acceptors (Lipinski definition) is 6. The highest BCUT2D eigenvalue weighted by atomic mass is 35.5. The van der Waals surface area contributed by atoms with E-state index in [1.54, 1.807) is 23.5 Å². The van der Waals surface area contributed by atoms with Crippen molar-refractivity contribution in [1.82, 2.24) is 19.8 Å². The minimum atomic E-state index is -0.276. The Balaban J connectivity index is 1.26. The lowest BCUT2D eigenvalue weighted by atomic mass is 10.2. The largest absolute Gasteiger partial charge is 0.308 e. The van der Waals surface area contributed by atoms with Crippen LogP contribution in [0.5, 0.6) is 0 Å². The van der Waals surface area contributed by atoms with E-state index in [1.807, 2.05) is 12.1 Å². The zero-order chi connectivity index (χ0) is 21.4. The Labute approximate surface area is 191 Å². The van der Waals surface area contributed by atoms with Crippen LogP contribution in [0, 0.1) is 5.82 Å². The maximum absolute atomic E-state index is 13.2. The average molecular weight is 475 g/mol. The molecule has 1 N–H and O–H groups in total. The molecule has 0 spiro atoms. The third kappa shape index (κ3) is 4.73. The zero-order valence-corrected chi connectivity index (χ0v) is 19.0. The van der Waals surface area contributed by atoms with Crippen molar-refractivity contribution >= 4 is 44.5 Å². The quantitative estimate of drug-likeness (QED) is 0.450. The number of aromatic amines is 1. The molecule has 0 radical (unpaired) electrons. The average Bonchev–Trinajstić information content (AvgIpc) is 3.36. The highest BCUT2D eigenvalue weighted by molar-refractivity contribution is 7.22. The van der Waals surface area contributed by atoms with E-state index in [2.05, 4.69) is 20.9 Å². The van der Waals surface area contributed by atoms with Crippen molar-refractivity contribution in [3.05, 3.63) is 73.7 Å². The second-order valence-electron chi connectivity index (χ2n) is 7.60. The fourth-order valence-corrected chi connectivity index (χ4v) is 5.92. The summed E-state index contributed by atoms with van der Waals surface area (Å²) in [6.45, 7) is 5.32. The molecule has 5 rings (SSSR count). The molecular formula is C22H20ClFN4OS2. The molecule has 1 saturated heterocycles. The molecule has 1 aromatic carbocycles. The van der Waals surface area contributed by atoms with Crippen LogP contribution in [0.4, 0.5) is 4.39 Å². The van der Waals surface area contributed by atoms with E-state index >= 15 is 0 Å². The number of fused-ring (bicyclic) bond motifs is 1. The highest BCUT2D eigenvalue weighted by Crippen LogP contribution is 2.31. The number of aromatic nitrogens is 2. The van der Waals surface area contributed by atoms with Gasteiger partial charge in [0.25, 0.3) is 5.56 Å². The van der Waals surface area contributed by atoms with Crippen LogP contribution in [0.25, 0.3) is 20.7 Å². The summed E-state index contributed by atoms with van der Waals surface area (Å²) in [6.07, 6.45) is 0. The van der Waals surface area contributed by atoms with Crippen molar-refractivity contribution in [2.45, 2.75) is 13.1 Å². The van der Waals surface area contributed by atoms with Crippen molar-refractivity contribution in [3.63, 3.8) is 0 Å². The van der Waals surface area contributed by atoms with E-state index < -0.39 is 0 Å². The van der Waals surface area contributed by atoms with E-state index in [1.165, 1.54) is 28.3 Å². The first-order valence-corrected chi connectivity index (χ1v) is 12.0. The number of halogens is 2. The van der Waals surface area contributed by atoms with Gasteiger partial charge in [-0.3, -0.25) is 14.6 Å². The Morgan fingerprint density at radius 1 is 1.00 bits per heavy atom. The van der Waals surface area contributed by atoms with E-state index in [0.29, 0.717) is 22.6 Å². The number of nitrogens with one attached hydrogen (secondary N) is 1. The fraction of sp³-hybridized carbons (Fsp3) is 0.273. The maximum Gasteiger partial charge on any atom is 0.268 e. The lowest BCUT2D eigenvalue weighted by Crippen LogP contribution is -2.45. The Morgan fingerprint density at radius 2 is 1.71 bits per heavy atom. The van der Waals surface area contributed by atoms with Crippen molar-refractivity contribution in [1.29, 1.82) is 0 Å². The molecule has 160 valence electrons. The van der Waals surface area contributed by atoms with Crippen LogP contribution in [0.3, 0.4) is 0 Å². The van der Waals surface area contributed by atoms with Gasteiger partial charge < -0.3 is 4.98 Å². The van der Waals surface area contributed by atoms with E-state index in [0.717, 1.165) is 47.5 Å². The monoisotopic (exact) mass is 474 g/mol. The molecular weight excluding hydrogens is 455 g/mol. The van der Waals surface area contributed by atoms with E-state index in [4.69, 9.17) is 16.6 Å². The number of H-pyrrole nitrogens is 1. The molecule has 9 heteroatoms. The predicted molar refractivity (Wildman–Crippen MR) is 126 cm³/mol. The third-order valence-electron chi connectivity index (χ3n) is 5.41. The molecule has 0 saturated carbocycles. The first-order valence-electron chi connectivity index (χ1n) is 10.0. The summed E-state index contributed by atoms with van der Waals surface area (Å²) in [5, 5.41) is 0. The van der Waals surface area contributed by atoms with Crippen LogP contribution in [-0.2, 0) is 13.1 Å². The van der Waals surface area contributed by atoms with E-state index in [9.17, 15) is 9.18 Å². The molecule has 0 aliphatic carbocycles. The topological polar surface area (TPSA) is 52.2 Å². The molecule has 0 atom stereocenters. The van der Waals surface area contributed by atoms with Crippen molar-refractivity contribution in [2.24, 2.45) is 0 Å². The number of piperazine rings is 1. The van der Waals surface area contributed by atoms with Crippen molar-refractivity contribution < 1.29 is 4.39 Å². The zero-order valence-electron chi connectivity index (χ0n) is 16.6. The minimum Gasteiger partial charge on any atom is -0.308 e. The molecule has 3 aromatic heterocycles. The van der Waals surface area contributed by atoms with Gasteiger partial charge in [-0.15, -0.1) is 22.7 Å². The molecule has 1 aliphatic rings. The molecule has 5 nitrogen and oxygen atoms in total. The lowest BCUT2D eigenvalue weighted by molar-refractivity contribution is 0.120. The Morgan fingerprint density at radius 3 is 2.39 bits per heavy atom. The molecule has 1 fully saturated rings. The first kappa shape index (κ1) is 20.8. The van der Waals surface area contributed by atoms with E-state index in [-0.39, 0.29) is 11.4 Å². The van der Waals surface area contributed by atoms with Crippen LogP contribution < -0.4 is 5.56 Å². The molecule has 0 amide bonds. The van der Waals surface area contributed by atoms with Gasteiger partial charge in [-0.2, -0.15) is 0 Å². The van der Waals surface area contributed by atoms with Crippen molar-refractivity contribution in [2.75, 3.05) is 26.2 Å².